The lowest BCUT2D eigenvalue weighted by atomic mass is 9.87. The molecule has 1 amide bonds. The number of aromatic nitrogens is 9. The average Bonchev–Trinajstić information content (AvgIpc) is 3.70. The molecule has 66 heavy (non-hydrogen) atoms. The van der Waals surface area contributed by atoms with Crippen LogP contribution in [0.25, 0.3) is 39.0 Å². The molecule has 13 rings (SSSR count). The van der Waals surface area contributed by atoms with Gasteiger partial charge in [0.05, 0.1) is 45.8 Å². The van der Waals surface area contributed by atoms with Crippen LogP contribution >= 0.6 is 0 Å². The number of halogens is 2. The molecule has 336 valence electrons. The van der Waals surface area contributed by atoms with Gasteiger partial charge in [-0.25, -0.2) is 23.1 Å². The first-order chi connectivity index (χ1) is 31.8. The van der Waals surface area contributed by atoms with Crippen LogP contribution < -0.4 is 11.4 Å². The molecule has 3 aromatic carbocycles. The Bertz CT molecular complexity index is 3490. The van der Waals surface area contributed by atoms with Gasteiger partial charge in [-0.2, -0.15) is 10.2 Å². The first-order valence-corrected chi connectivity index (χ1v) is 22.8. The smallest absolute Gasteiger partial charge is 0.375 e. The normalized spacial score (nSPS) is 23.9. The number of aromatic amines is 1. The molecular weight excluding hydrogens is 847 g/mol. The van der Waals surface area contributed by atoms with Crippen molar-refractivity contribution in [1.82, 2.24) is 48.3 Å². The van der Waals surface area contributed by atoms with Crippen LogP contribution in [0.15, 0.2) is 81.2 Å². The lowest BCUT2D eigenvalue weighted by Gasteiger charge is -2.35. The average molecular weight is 893 g/mol. The van der Waals surface area contributed by atoms with Crippen LogP contribution in [0.1, 0.15) is 108 Å². The summed E-state index contributed by atoms with van der Waals surface area (Å²) >= 11 is 0. The van der Waals surface area contributed by atoms with Crippen LogP contribution in [-0.4, -0.2) is 72.5 Å². The van der Waals surface area contributed by atoms with E-state index < -0.39 is 28.8 Å². The molecule has 15 nitrogen and oxygen atoms in total. The fourth-order valence-electron chi connectivity index (χ4n) is 12.0. The van der Waals surface area contributed by atoms with Gasteiger partial charge >= 0.3 is 11.4 Å². The molecule has 2 saturated heterocycles. The van der Waals surface area contributed by atoms with Gasteiger partial charge in [0.25, 0.3) is 5.91 Å². The Morgan fingerprint density at radius 2 is 1.70 bits per heavy atom. The number of imidazole rings is 1. The molecule has 17 heteroatoms. The third-order valence-electron chi connectivity index (χ3n) is 15.6. The summed E-state index contributed by atoms with van der Waals surface area (Å²) in [7, 11) is 1.73. The Labute approximate surface area is 375 Å². The fourth-order valence-corrected chi connectivity index (χ4v) is 12.0. The van der Waals surface area contributed by atoms with E-state index in [1.165, 1.54) is 27.1 Å². The van der Waals surface area contributed by atoms with E-state index in [1.807, 2.05) is 11.0 Å². The second-order valence-electron chi connectivity index (χ2n) is 19.5. The van der Waals surface area contributed by atoms with E-state index in [-0.39, 0.29) is 40.4 Å². The van der Waals surface area contributed by atoms with E-state index in [1.54, 1.807) is 60.7 Å². The highest BCUT2D eigenvalue weighted by molar-refractivity contribution is 6.00. The maximum absolute atomic E-state index is 16.2. The molecule has 8 heterocycles. The molecule has 0 radical (unpaired) electrons. The highest BCUT2D eigenvalue weighted by atomic mass is 19.1. The van der Waals surface area contributed by atoms with Gasteiger partial charge in [0.1, 0.15) is 22.9 Å². The number of hydrogen-bond donors (Lipinski definition) is 1. The van der Waals surface area contributed by atoms with Crippen molar-refractivity contribution in [2.45, 2.75) is 101 Å². The van der Waals surface area contributed by atoms with Gasteiger partial charge in [-0.1, -0.05) is 18.1 Å². The summed E-state index contributed by atoms with van der Waals surface area (Å²) in [4.78, 5) is 47.8. The number of amides is 1. The summed E-state index contributed by atoms with van der Waals surface area (Å²) in [5.41, 5.74) is 4.58. The van der Waals surface area contributed by atoms with Gasteiger partial charge in [0, 0.05) is 55.0 Å². The zero-order chi connectivity index (χ0) is 45.1. The number of carbonyl (C=O) groups excluding carboxylic acids is 1. The molecule has 1 N–H and O–H groups in total. The third-order valence-corrected chi connectivity index (χ3v) is 15.6. The number of hydrogen-bond acceptors (Lipinski definition) is 8. The van der Waals surface area contributed by atoms with E-state index in [2.05, 4.69) is 44.9 Å². The van der Waals surface area contributed by atoms with Crippen molar-refractivity contribution >= 4 is 27.7 Å². The monoisotopic (exact) mass is 892 g/mol. The molecule has 2 aliphatic carbocycles. The Hall–Kier alpha value is -6.88. The van der Waals surface area contributed by atoms with Crippen LogP contribution in [0.5, 0.6) is 0 Å². The minimum absolute atomic E-state index is 0.0111. The Morgan fingerprint density at radius 3 is 2.44 bits per heavy atom. The molecule has 1 spiro atoms. The first-order valence-electron chi connectivity index (χ1n) is 22.8. The molecule has 5 atom stereocenters. The molecule has 0 unspecified atom stereocenters. The van der Waals surface area contributed by atoms with Crippen LogP contribution in [0.3, 0.4) is 0 Å². The van der Waals surface area contributed by atoms with E-state index in [0.29, 0.717) is 76.8 Å². The van der Waals surface area contributed by atoms with Crippen molar-refractivity contribution < 1.29 is 22.8 Å². The van der Waals surface area contributed by atoms with Crippen molar-refractivity contribution in [2.24, 2.45) is 13.0 Å². The predicted molar refractivity (Wildman–Crippen MR) is 238 cm³/mol. The number of rotatable bonds is 7. The van der Waals surface area contributed by atoms with Crippen molar-refractivity contribution in [3.63, 3.8) is 0 Å². The number of nitrogens with one attached hydrogen (secondary N) is 1. The van der Waals surface area contributed by atoms with Crippen LogP contribution in [-0.2, 0) is 23.7 Å². The summed E-state index contributed by atoms with van der Waals surface area (Å²) in [5, 5.41) is 14.8. The number of H-pyrrole nitrogens is 1. The zero-order valence-corrected chi connectivity index (χ0v) is 36.8. The van der Waals surface area contributed by atoms with Gasteiger partial charge in [-0.15, -0.1) is 0 Å². The van der Waals surface area contributed by atoms with Crippen molar-refractivity contribution in [1.29, 1.82) is 0 Å². The highest BCUT2D eigenvalue weighted by Crippen LogP contribution is 2.57. The maximum Gasteiger partial charge on any atom is 0.438 e. The van der Waals surface area contributed by atoms with E-state index in [4.69, 9.17) is 14.4 Å². The van der Waals surface area contributed by atoms with Crippen molar-refractivity contribution in [2.75, 3.05) is 6.61 Å². The number of carbonyl (C=O) groups is 1. The minimum Gasteiger partial charge on any atom is -0.375 e. The second-order valence-corrected chi connectivity index (χ2v) is 19.5. The van der Waals surface area contributed by atoms with Gasteiger partial charge in [-0.3, -0.25) is 28.1 Å². The first kappa shape index (κ1) is 39.5. The number of nitrogens with zero attached hydrogens (tertiary/aromatic N) is 9. The lowest BCUT2D eigenvalue weighted by Crippen LogP contribution is -2.43. The largest absolute Gasteiger partial charge is 0.438 e. The SMILES string of the molecule is Cc1cc(-n2nc3c(c2-n2ccn(-c4ccc5c(cnn5C)c4F)c2=O)[C@H]2CC[C@@H](C3)N2C(=O)c2cc3cc([C@@H]4CCOC5(CC5)C4)ccc3n2[C@@]2(c3noc(=O)[nH]3)C[C@@H]2C)cc(C)c1F. The summed E-state index contributed by atoms with van der Waals surface area (Å²) in [6, 6.07) is 14.4. The van der Waals surface area contributed by atoms with Crippen LogP contribution in [0.4, 0.5) is 8.78 Å². The molecule has 5 aromatic heterocycles. The maximum atomic E-state index is 16.2. The second kappa shape index (κ2) is 13.6. The van der Waals surface area contributed by atoms with Gasteiger partial charge in [0.2, 0.25) is 0 Å². The third kappa shape index (κ3) is 5.48. The van der Waals surface area contributed by atoms with E-state index in [0.717, 1.165) is 48.9 Å². The summed E-state index contributed by atoms with van der Waals surface area (Å²) < 4.78 is 50.7. The Kier molecular flexibility index (Phi) is 8.13. The Balaban J connectivity index is 0.969. The number of benzene rings is 3. The molecule has 8 aromatic rings. The number of aryl methyl sites for hydroxylation is 3. The molecular formula is C49H46F2N10O5. The predicted octanol–water partition coefficient (Wildman–Crippen LogP) is 7.34. The van der Waals surface area contributed by atoms with Crippen LogP contribution in [0.2, 0.25) is 0 Å². The molecule has 4 fully saturated rings. The molecule has 3 aliphatic heterocycles. The minimum atomic E-state index is -0.837. The standard InChI is InChI=1S/C49H46F2N10O5/c1-25-17-32(18-26(2)41(25)50)61-43(58-15-14-57(47(58)64)38-10-9-36-33(42(38)51)24-52-56(36)4)40-34(54-61)21-31-6-8-37(40)59(31)44(62)39-20-30-19-28(29-11-16-65-48(23-29)12-13-48)5-7-35(30)60(39)49(22-27(49)3)45-53-46(63)66-55-45/h5,7,9-10,14-15,17-20,24,27,29,31,37H,6,8,11-13,16,21-23H2,1-4H3,(H,53,55,63)/t27-,29+,31-,37+,49-/m0/s1. The fraction of sp³-hybridized carbons (Fsp3) is 0.388. The lowest BCUT2D eigenvalue weighted by molar-refractivity contribution is -0.0132. The van der Waals surface area contributed by atoms with Gasteiger partial charge in [-0.05, 0) is 130 Å². The quantitative estimate of drug-likeness (QED) is 0.174. The summed E-state index contributed by atoms with van der Waals surface area (Å²) in [5.74, 6) is -0.659. The molecule has 2 bridgehead atoms. The van der Waals surface area contributed by atoms with Gasteiger partial charge in [0.15, 0.2) is 11.6 Å². The molecule has 5 aliphatic rings. The molecule has 2 saturated carbocycles. The highest BCUT2D eigenvalue weighted by Gasteiger charge is 2.60. The number of ether oxygens (including phenoxy) is 1. The topological polar surface area (TPSA) is 156 Å². The summed E-state index contributed by atoms with van der Waals surface area (Å²) in [6.45, 7) is 6.18. The summed E-state index contributed by atoms with van der Waals surface area (Å²) in [6.07, 6.45) is 11.0. The van der Waals surface area contributed by atoms with Crippen molar-refractivity contribution in [3.8, 4) is 17.2 Å². The number of fused-ring (bicyclic) bond motifs is 6. The van der Waals surface area contributed by atoms with Crippen LogP contribution in [0, 0.1) is 31.4 Å². The zero-order valence-electron chi connectivity index (χ0n) is 36.8. The van der Waals surface area contributed by atoms with E-state index >= 15 is 13.6 Å². The van der Waals surface area contributed by atoms with Gasteiger partial charge < -0.3 is 14.2 Å². The Morgan fingerprint density at radius 1 is 0.924 bits per heavy atom. The van der Waals surface area contributed by atoms with Crippen molar-refractivity contribution in [3.05, 3.63) is 139 Å². The van der Waals surface area contributed by atoms with E-state index in [9.17, 15) is 9.59 Å².